The highest BCUT2D eigenvalue weighted by Crippen LogP contribution is 2.30. The molecule has 2 amide bonds. The summed E-state index contributed by atoms with van der Waals surface area (Å²) in [4.78, 5) is 36.2. The minimum absolute atomic E-state index is 0.00519. The van der Waals surface area contributed by atoms with E-state index in [4.69, 9.17) is 4.74 Å². The minimum Gasteiger partial charge on any atom is -0.379 e. The molecule has 8 heteroatoms. The zero-order valence-corrected chi connectivity index (χ0v) is 21.2. The first-order valence-corrected chi connectivity index (χ1v) is 13.2. The fraction of sp³-hybridized carbons (Fsp3) is 0.536. The number of amides is 2. The van der Waals surface area contributed by atoms with Gasteiger partial charge in [-0.1, -0.05) is 12.1 Å². The molecule has 3 fully saturated rings. The van der Waals surface area contributed by atoms with Crippen molar-refractivity contribution in [3.05, 3.63) is 53.9 Å². The number of rotatable bonds is 7. The van der Waals surface area contributed by atoms with Crippen molar-refractivity contribution in [2.45, 2.75) is 32.1 Å². The number of hydrogen-bond donors (Lipinski definition) is 1. The number of hydrogen-bond acceptors (Lipinski definition) is 6. The monoisotopic (exact) mass is 491 g/mol. The second-order valence-electron chi connectivity index (χ2n) is 10.2. The standard InChI is InChI=1S/C28H37N5O3/c1-21-26(3-2-11-29-21)33-19-24(20-33)28(35)30-25-6-4-22(5-7-25)23-8-13-32(14-9-23)27(34)10-12-31-15-17-36-18-16-31/h2-7,11,23-24H,8-10,12-20H2,1H3,(H,30,35). The van der Waals surface area contributed by atoms with Crippen molar-refractivity contribution in [1.29, 1.82) is 0 Å². The number of morpholine rings is 1. The van der Waals surface area contributed by atoms with E-state index >= 15 is 0 Å². The fourth-order valence-corrected chi connectivity index (χ4v) is 5.43. The van der Waals surface area contributed by atoms with Gasteiger partial charge >= 0.3 is 0 Å². The van der Waals surface area contributed by atoms with Gasteiger partial charge < -0.3 is 19.9 Å². The van der Waals surface area contributed by atoms with Crippen LogP contribution in [0.2, 0.25) is 0 Å². The van der Waals surface area contributed by atoms with E-state index in [1.165, 1.54) is 5.56 Å². The number of likely N-dealkylation sites (tertiary alicyclic amines) is 1. The molecule has 3 aliphatic rings. The molecule has 0 saturated carbocycles. The molecule has 1 aromatic heterocycles. The van der Waals surface area contributed by atoms with E-state index < -0.39 is 0 Å². The van der Waals surface area contributed by atoms with E-state index in [0.29, 0.717) is 12.3 Å². The number of ether oxygens (including phenoxy) is 1. The molecular formula is C28H37N5O3. The van der Waals surface area contributed by atoms with Crippen molar-refractivity contribution in [3.63, 3.8) is 0 Å². The lowest BCUT2D eigenvalue weighted by molar-refractivity contribution is -0.132. The van der Waals surface area contributed by atoms with Gasteiger partial charge in [-0.25, -0.2) is 0 Å². The molecule has 192 valence electrons. The van der Waals surface area contributed by atoms with Crippen molar-refractivity contribution in [2.75, 3.05) is 69.2 Å². The Labute approximate surface area is 213 Å². The lowest BCUT2D eigenvalue weighted by Crippen LogP contribution is -2.52. The maximum absolute atomic E-state index is 12.7. The smallest absolute Gasteiger partial charge is 0.231 e. The molecule has 0 aliphatic carbocycles. The van der Waals surface area contributed by atoms with Crippen molar-refractivity contribution in [2.24, 2.45) is 5.92 Å². The molecule has 0 radical (unpaired) electrons. The second-order valence-corrected chi connectivity index (χ2v) is 10.2. The van der Waals surface area contributed by atoms with Gasteiger partial charge in [0.05, 0.1) is 30.5 Å². The van der Waals surface area contributed by atoms with Crippen molar-refractivity contribution in [1.82, 2.24) is 14.8 Å². The Morgan fingerprint density at radius 3 is 2.44 bits per heavy atom. The topological polar surface area (TPSA) is 78.0 Å². The Bertz CT molecular complexity index is 1040. The van der Waals surface area contributed by atoms with Crippen LogP contribution in [0.15, 0.2) is 42.6 Å². The van der Waals surface area contributed by atoms with Crippen LogP contribution in [-0.4, -0.2) is 85.6 Å². The number of anilines is 2. The number of aromatic nitrogens is 1. The Morgan fingerprint density at radius 2 is 1.75 bits per heavy atom. The molecule has 3 aliphatic heterocycles. The molecular weight excluding hydrogens is 454 g/mol. The zero-order chi connectivity index (χ0) is 24.9. The Morgan fingerprint density at radius 1 is 1.03 bits per heavy atom. The van der Waals surface area contributed by atoms with Gasteiger partial charge in [-0.15, -0.1) is 0 Å². The Kier molecular flexibility index (Phi) is 7.82. The van der Waals surface area contributed by atoms with E-state index in [2.05, 4.69) is 38.3 Å². The third kappa shape index (κ3) is 5.87. The van der Waals surface area contributed by atoms with E-state index in [1.54, 1.807) is 6.20 Å². The van der Waals surface area contributed by atoms with Gasteiger partial charge in [0.15, 0.2) is 0 Å². The molecule has 0 bridgehead atoms. The highest BCUT2D eigenvalue weighted by molar-refractivity contribution is 5.94. The van der Waals surface area contributed by atoms with Crippen LogP contribution in [0.3, 0.4) is 0 Å². The van der Waals surface area contributed by atoms with Crippen LogP contribution in [0.4, 0.5) is 11.4 Å². The van der Waals surface area contributed by atoms with Crippen LogP contribution in [0.5, 0.6) is 0 Å². The molecule has 36 heavy (non-hydrogen) atoms. The molecule has 0 unspecified atom stereocenters. The van der Waals surface area contributed by atoms with Crippen LogP contribution in [0.25, 0.3) is 0 Å². The highest BCUT2D eigenvalue weighted by atomic mass is 16.5. The third-order valence-electron chi connectivity index (χ3n) is 7.81. The molecule has 8 nitrogen and oxygen atoms in total. The molecule has 5 rings (SSSR count). The fourth-order valence-electron chi connectivity index (χ4n) is 5.43. The van der Waals surface area contributed by atoms with Gasteiger partial charge in [0, 0.05) is 64.1 Å². The first-order chi connectivity index (χ1) is 17.6. The summed E-state index contributed by atoms with van der Waals surface area (Å²) in [6.07, 6.45) is 4.37. The van der Waals surface area contributed by atoms with Crippen LogP contribution >= 0.6 is 0 Å². The minimum atomic E-state index is -0.00519. The molecule has 1 N–H and O–H groups in total. The number of pyridine rings is 1. The maximum Gasteiger partial charge on any atom is 0.231 e. The summed E-state index contributed by atoms with van der Waals surface area (Å²) in [5.41, 5.74) is 4.23. The van der Waals surface area contributed by atoms with Gasteiger partial charge in [-0.3, -0.25) is 19.5 Å². The number of carbonyl (C=O) groups is 2. The molecule has 1 aromatic carbocycles. The zero-order valence-electron chi connectivity index (χ0n) is 21.2. The van der Waals surface area contributed by atoms with Crippen molar-refractivity contribution in [3.8, 4) is 0 Å². The Hall–Kier alpha value is -2.97. The maximum atomic E-state index is 12.7. The first kappa shape index (κ1) is 24.7. The highest BCUT2D eigenvalue weighted by Gasteiger charge is 2.33. The van der Waals surface area contributed by atoms with Crippen LogP contribution < -0.4 is 10.2 Å². The molecule has 2 aromatic rings. The summed E-state index contributed by atoms with van der Waals surface area (Å²) in [7, 11) is 0. The number of piperidine rings is 1. The van der Waals surface area contributed by atoms with Gasteiger partial charge in [-0.2, -0.15) is 0 Å². The largest absolute Gasteiger partial charge is 0.379 e. The number of nitrogens with zero attached hydrogens (tertiary/aromatic N) is 4. The Balaban J connectivity index is 1.04. The summed E-state index contributed by atoms with van der Waals surface area (Å²) < 4.78 is 5.38. The van der Waals surface area contributed by atoms with Gasteiger partial charge in [-0.05, 0) is 55.5 Å². The summed E-state index contributed by atoms with van der Waals surface area (Å²) in [6, 6.07) is 12.3. The van der Waals surface area contributed by atoms with E-state index in [9.17, 15) is 9.59 Å². The average molecular weight is 492 g/mol. The summed E-state index contributed by atoms with van der Waals surface area (Å²) in [5, 5.41) is 3.08. The summed E-state index contributed by atoms with van der Waals surface area (Å²) in [6.45, 7) is 9.31. The SMILES string of the molecule is Cc1ncccc1N1CC(C(=O)Nc2ccc(C3CCN(C(=O)CCN4CCOCC4)CC3)cc2)C1. The second kappa shape index (κ2) is 11.4. The molecule has 0 atom stereocenters. The first-order valence-electron chi connectivity index (χ1n) is 13.2. The van der Waals surface area contributed by atoms with E-state index in [1.807, 2.05) is 30.0 Å². The van der Waals surface area contributed by atoms with Crippen molar-refractivity contribution < 1.29 is 14.3 Å². The van der Waals surface area contributed by atoms with Crippen LogP contribution in [-0.2, 0) is 14.3 Å². The third-order valence-corrected chi connectivity index (χ3v) is 7.81. The average Bonchev–Trinajstić information content (AvgIpc) is 2.89. The summed E-state index contributed by atoms with van der Waals surface area (Å²) in [5.74, 6) is 0.797. The lowest BCUT2D eigenvalue weighted by Gasteiger charge is -2.40. The molecule has 4 heterocycles. The van der Waals surface area contributed by atoms with Crippen LogP contribution in [0.1, 0.15) is 36.4 Å². The van der Waals surface area contributed by atoms with Crippen LogP contribution in [0, 0.1) is 12.8 Å². The normalized spacial score (nSPS) is 19.7. The van der Waals surface area contributed by atoms with Gasteiger partial charge in [0.1, 0.15) is 0 Å². The van der Waals surface area contributed by atoms with E-state index in [-0.39, 0.29) is 17.7 Å². The summed E-state index contributed by atoms with van der Waals surface area (Å²) >= 11 is 0. The number of carbonyl (C=O) groups excluding carboxylic acids is 2. The lowest BCUT2D eigenvalue weighted by atomic mass is 9.89. The predicted octanol–water partition coefficient (Wildman–Crippen LogP) is 2.89. The number of nitrogens with one attached hydrogen (secondary N) is 1. The number of benzene rings is 1. The van der Waals surface area contributed by atoms with Gasteiger partial charge in [0.25, 0.3) is 0 Å². The quantitative estimate of drug-likeness (QED) is 0.642. The molecule has 3 saturated heterocycles. The molecule has 0 spiro atoms. The van der Waals surface area contributed by atoms with E-state index in [0.717, 1.165) is 88.9 Å². The van der Waals surface area contributed by atoms with Gasteiger partial charge in [0.2, 0.25) is 11.8 Å². The predicted molar refractivity (Wildman–Crippen MR) is 140 cm³/mol. The van der Waals surface area contributed by atoms with Crippen molar-refractivity contribution >= 4 is 23.2 Å². The number of aryl methyl sites for hydroxylation is 1.